The minimum Gasteiger partial charge on any atom is -0.480 e. The maximum Gasteiger partial charge on any atom is 0.326 e. The Balaban J connectivity index is 2.71. The Bertz CT molecular complexity index is 694. The van der Waals surface area contributed by atoms with Gasteiger partial charge in [-0.05, 0) is 31.5 Å². The van der Waals surface area contributed by atoms with Gasteiger partial charge in [0.25, 0.3) is 5.91 Å². The minimum atomic E-state index is -1.31. The zero-order valence-electron chi connectivity index (χ0n) is 13.4. The van der Waals surface area contributed by atoms with Gasteiger partial charge in [0.05, 0.1) is 5.56 Å². The van der Waals surface area contributed by atoms with Crippen LogP contribution in [0.4, 0.5) is 5.69 Å². The van der Waals surface area contributed by atoms with Gasteiger partial charge in [0.15, 0.2) is 0 Å². The molecule has 0 fully saturated rings. The molecule has 0 heterocycles. The molecule has 136 valence electrons. The second-order valence-electron chi connectivity index (χ2n) is 5.33. The molecule has 0 aromatic heterocycles. The van der Waals surface area contributed by atoms with Crippen molar-refractivity contribution >= 4 is 41.0 Å². The van der Waals surface area contributed by atoms with E-state index in [0.29, 0.717) is 5.02 Å². The number of nitrogens with two attached hydrogens (primary N) is 2. The fourth-order valence-electron chi connectivity index (χ4n) is 1.91. The van der Waals surface area contributed by atoms with Crippen LogP contribution in [-0.2, 0) is 14.4 Å². The van der Waals surface area contributed by atoms with E-state index in [-0.39, 0.29) is 24.1 Å². The van der Waals surface area contributed by atoms with Crippen LogP contribution in [0.15, 0.2) is 18.2 Å². The summed E-state index contributed by atoms with van der Waals surface area (Å²) in [4.78, 5) is 46.1. The molecule has 0 bridgehead atoms. The van der Waals surface area contributed by atoms with E-state index in [1.54, 1.807) is 0 Å². The lowest BCUT2D eigenvalue weighted by Gasteiger charge is -2.18. The Hall–Kier alpha value is -2.81. The summed E-state index contributed by atoms with van der Waals surface area (Å²) in [6, 6.07) is 1.98. The predicted molar refractivity (Wildman–Crippen MR) is 90.8 cm³/mol. The van der Waals surface area contributed by atoms with E-state index in [1.807, 2.05) is 0 Å². The number of carbonyl (C=O) groups is 4. The van der Waals surface area contributed by atoms with E-state index in [9.17, 15) is 19.2 Å². The smallest absolute Gasteiger partial charge is 0.326 e. The van der Waals surface area contributed by atoms with Gasteiger partial charge < -0.3 is 27.2 Å². The van der Waals surface area contributed by atoms with Gasteiger partial charge in [0, 0.05) is 17.1 Å². The molecule has 3 amide bonds. The summed E-state index contributed by atoms with van der Waals surface area (Å²) in [5.74, 6) is -3.36. The van der Waals surface area contributed by atoms with Crippen molar-refractivity contribution in [3.63, 3.8) is 0 Å². The number of primary amides is 1. The molecule has 10 heteroatoms. The van der Waals surface area contributed by atoms with E-state index >= 15 is 0 Å². The molecular weight excluding hydrogens is 352 g/mol. The number of amides is 3. The van der Waals surface area contributed by atoms with Crippen LogP contribution in [0, 0.1) is 0 Å². The summed E-state index contributed by atoms with van der Waals surface area (Å²) >= 11 is 5.81. The number of carbonyl (C=O) groups excluding carboxylic acids is 3. The van der Waals surface area contributed by atoms with Crippen LogP contribution in [-0.4, -0.2) is 40.9 Å². The summed E-state index contributed by atoms with van der Waals surface area (Å²) in [7, 11) is 0. The van der Waals surface area contributed by atoms with Crippen LogP contribution in [0.1, 0.15) is 30.1 Å². The van der Waals surface area contributed by atoms with Crippen LogP contribution in [0.3, 0.4) is 0 Å². The number of carboxylic acids is 1. The summed E-state index contributed by atoms with van der Waals surface area (Å²) in [6.45, 7) is 1.38. The number of hydrogen-bond donors (Lipinski definition) is 5. The first-order valence-corrected chi connectivity index (χ1v) is 7.67. The molecular formula is C15H19ClN4O5. The van der Waals surface area contributed by atoms with Gasteiger partial charge in [0.2, 0.25) is 11.8 Å². The highest BCUT2D eigenvalue weighted by Crippen LogP contribution is 2.17. The quantitative estimate of drug-likeness (QED) is 0.400. The molecule has 0 saturated heterocycles. The van der Waals surface area contributed by atoms with Crippen molar-refractivity contribution in [2.75, 3.05) is 5.73 Å². The molecule has 0 saturated carbocycles. The molecule has 0 unspecified atom stereocenters. The first kappa shape index (κ1) is 20.2. The molecule has 1 aromatic rings. The molecule has 0 aliphatic heterocycles. The topological polar surface area (TPSA) is 165 Å². The number of aliphatic carboxylic acids is 1. The third kappa shape index (κ3) is 6.30. The van der Waals surface area contributed by atoms with Crippen molar-refractivity contribution in [2.24, 2.45) is 5.73 Å². The number of halogens is 1. The fraction of sp³-hybridized carbons (Fsp3) is 0.333. The predicted octanol–water partition coefficient (Wildman–Crippen LogP) is -0.125. The van der Waals surface area contributed by atoms with Crippen molar-refractivity contribution in [3.05, 3.63) is 28.8 Å². The lowest BCUT2D eigenvalue weighted by Crippen LogP contribution is -2.50. The van der Waals surface area contributed by atoms with Gasteiger partial charge in [-0.2, -0.15) is 0 Å². The number of rotatable bonds is 8. The minimum absolute atomic E-state index is 0.0932. The molecule has 1 aromatic carbocycles. The molecule has 0 spiro atoms. The zero-order chi connectivity index (χ0) is 19.1. The number of carboxylic acid groups (broad SMARTS) is 1. The lowest BCUT2D eigenvalue weighted by molar-refractivity contribution is -0.142. The molecule has 7 N–H and O–H groups in total. The van der Waals surface area contributed by atoms with E-state index in [1.165, 1.54) is 25.1 Å². The van der Waals surface area contributed by atoms with E-state index in [4.69, 9.17) is 28.2 Å². The first-order valence-electron chi connectivity index (χ1n) is 7.29. The highest BCUT2D eigenvalue weighted by molar-refractivity contribution is 6.31. The van der Waals surface area contributed by atoms with Crippen LogP contribution in [0.25, 0.3) is 0 Å². The van der Waals surface area contributed by atoms with Crippen molar-refractivity contribution in [1.29, 1.82) is 0 Å². The Morgan fingerprint density at radius 2 is 1.88 bits per heavy atom. The summed E-state index contributed by atoms with van der Waals surface area (Å²) < 4.78 is 0. The second kappa shape index (κ2) is 8.88. The highest BCUT2D eigenvalue weighted by Gasteiger charge is 2.24. The maximum atomic E-state index is 12.2. The highest BCUT2D eigenvalue weighted by atomic mass is 35.5. The molecule has 2 atom stereocenters. The van der Waals surface area contributed by atoms with Crippen LogP contribution in [0.5, 0.6) is 0 Å². The Kier molecular flexibility index (Phi) is 7.19. The fourth-order valence-corrected chi connectivity index (χ4v) is 2.08. The maximum absolute atomic E-state index is 12.2. The summed E-state index contributed by atoms with van der Waals surface area (Å²) in [5.41, 5.74) is 10.9. The van der Waals surface area contributed by atoms with E-state index in [2.05, 4.69) is 10.6 Å². The largest absolute Gasteiger partial charge is 0.480 e. The van der Waals surface area contributed by atoms with Gasteiger partial charge in [-0.1, -0.05) is 11.6 Å². The van der Waals surface area contributed by atoms with Gasteiger partial charge in [-0.15, -0.1) is 0 Å². The van der Waals surface area contributed by atoms with Gasteiger partial charge >= 0.3 is 5.97 Å². The van der Waals surface area contributed by atoms with Crippen LogP contribution >= 0.6 is 11.6 Å². The van der Waals surface area contributed by atoms with Gasteiger partial charge in [-0.25, -0.2) is 4.79 Å². The summed E-state index contributed by atoms with van der Waals surface area (Å²) in [6.07, 6.45) is -0.352. The molecule has 9 nitrogen and oxygen atoms in total. The van der Waals surface area contributed by atoms with Crippen molar-refractivity contribution < 1.29 is 24.3 Å². The standard InChI is InChI=1S/C15H19ClN4O5/c1-7(13(22)20-11(15(24)25)4-5-12(18)21)19-14(23)9-6-8(16)2-3-10(9)17/h2-3,6-7,11H,4-5,17H2,1H3,(H2,18,21)(H,19,23)(H,20,22)(H,24,25)/t7-,11+/m1/s1. The molecule has 1 rings (SSSR count). The number of nitrogens with one attached hydrogen (secondary N) is 2. The number of benzene rings is 1. The molecule has 0 aliphatic carbocycles. The number of nitrogen functional groups attached to an aromatic ring is 1. The Morgan fingerprint density at radius 3 is 2.44 bits per heavy atom. The van der Waals surface area contributed by atoms with Gasteiger partial charge in [0.1, 0.15) is 12.1 Å². The monoisotopic (exact) mass is 370 g/mol. The van der Waals surface area contributed by atoms with Crippen molar-refractivity contribution in [1.82, 2.24) is 10.6 Å². The van der Waals surface area contributed by atoms with Crippen molar-refractivity contribution in [2.45, 2.75) is 31.8 Å². The van der Waals surface area contributed by atoms with Gasteiger partial charge in [-0.3, -0.25) is 14.4 Å². The second-order valence-corrected chi connectivity index (χ2v) is 5.77. The number of hydrogen-bond acceptors (Lipinski definition) is 5. The normalized spacial score (nSPS) is 12.7. The summed E-state index contributed by atoms with van der Waals surface area (Å²) in [5, 5.41) is 14.0. The Labute approximate surface area is 148 Å². The first-order chi connectivity index (χ1) is 11.6. The lowest BCUT2D eigenvalue weighted by atomic mass is 10.1. The average molecular weight is 371 g/mol. The zero-order valence-corrected chi connectivity index (χ0v) is 14.2. The van der Waals surface area contributed by atoms with Crippen LogP contribution in [0.2, 0.25) is 5.02 Å². The average Bonchev–Trinajstić information content (AvgIpc) is 2.52. The molecule has 0 radical (unpaired) electrons. The third-order valence-corrected chi connectivity index (χ3v) is 3.53. The number of anilines is 1. The van der Waals surface area contributed by atoms with Crippen molar-refractivity contribution in [3.8, 4) is 0 Å². The third-order valence-electron chi connectivity index (χ3n) is 3.29. The molecule has 25 heavy (non-hydrogen) atoms. The van der Waals surface area contributed by atoms with Crippen LogP contribution < -0.4 is 22.1 Å². The Morgan fingerprint density at radius 1 is 1.24 bits per heavy atom. The van der Waals surface area contributed by atoms with E-state index < -0.39 is 35.8 Å². The SMILES string of the molecule is C[C@@H](NC(=O)c1cc(Cl)ccc1N)C(=O)N[C@@H](CCC(N)=O)C(=O)O. The molecule has 0 aliphatic rings. The van der Waals surface area contributed by atoms with E-state index in [0.717, 1.165) is 0 Å².